The Morgan fingerprint density at radius 3 is 2.68 bits per heavy atom. The molecule has 2 atom stereocenters. The van der Waals surface area contributed by atoms with Crippen molar-refractivity contribution in [3.05, 3.63) is 17.8 Å². The fourth-order valence-electron chi connectivity index (χ4n) is 3.28. The van der Waals surface area contributed by atoms with Gasteiger partial charge in [0.05, 0.1) is 6.20 Å². The third-order valence-corrected chi connectivity index (χ3v) is 4.44. The van der Waals surface area contributed by atoms with Crippen LogP contribution in [0.3, 0.4) is 0 Å². The van der Waals surface area contributed by atoms with Crippen molar-refractivity contribution in [2.45, 2.75) is 64.3 Å². The van der Waals surface area contributed by atoms with E-state index in [0.29, 0.717) is 5.92 Å². The quantitative estimate of drug-likeness (QED) is 0.825. The number of fused-ring (bicyclic) bond motifs is 1. The molecule has 2 fully saturated rings. The molecular formula is C16H26N2O. The van der Waals surface area contributed by atoms with Crippen molar-refractivity contribution in [1.82, 2.24) is 10.3 Å². The number of aryl methyl sites for hydroxylation is 1. The number of nitrogens with zero attached hydrogens (tertiary/aromatic N) is 1. The van der Waals surface area contributed by atoms with Crippen LogP contribution in [0.15, 0.2) is 10.6 Å². The minimum atomic E-state index is 0.201. The monoisotopic (exact) mass is 262 g/mol. The van der Waals surface area contributed by atoms with Gasteiger partial charge in [-0.05, 0) is 64.8 Å². The Kier molecular flexibility index (Phi) is 3.42. The van der Waals surface area contributed by atoms with Gasteiger partial charge in [0.2, 0.25) is 0 Å². The molecule has 2 aliphatic carbocycles. The van der Waals surface area contributed by atoms with E-state index in [4.69, 9.17) is 4.42 Å². The van der Waals surface area contributed by atoms with E-state index >= 15 is 0 Å². The molecule has 2 aliphatic rings. The lowest BCUT2D eigenvalue weighted by Crippen LogP contribution is -2.36. The molecule has 0 amide bonds. The maximum Gasteiger partial charge on any atom is 0.194 e. The number of rotatable bonds is 5. The van der Waals surface area contributed by atoms with Gasteiger partial charge in [0.25, 0.3) is 0 Å². The molecular weight excluding hydrogens is 236 g/mol. The Labute approximate surface area is 116 Å². The molecule has 3 heteroatoms. The van der Waals surface area contributed by atoms with Crippen LogP contribution in [0.4, 0.5) is 0 Å². The molecule has 106 valence electrons. The molecule has 3 rings (SSSR count). The van der Waals surface area contributed by atoms with Crippen LogP contribution < -0.4 is 5.32 Å². The van der Waals surface area contributed by atoms with Gasteiger partial charge in [0.1, 0.15) is 5.76 Å². The average Bonchev–Trinajstić information content (AvgIpc) is 2.79. The van der Waals surface area contributed by atoms with E-state index in [-0.39, 0.29) is 5.54 Å². The van der Waals surface area contributed by atoms with E-state index in [1.807, 2.05) is 6.20 Å². The van der Waals surface area contributed by atoms with Crippen molar-refractivity contribution in [3.63, 3.8) is 0 Å². The molecule has 0 aliphatic heterocycles. The Morgan fingerprint density at radius 2 is 2.00 bits per heavy atom. The highest BCUT2D eigenvalue weighted by atomic mass is 16.4. The van der Waals surface area contributed by atoms with E-state index in [1.54, 1.807) is 0 Å². The van der Waals surface area contributed by atoms with Gasteiger partial charge >= 0.3 is 0 Å². The molecule has 3 nitrogen and oxygen atoms in total. The van der Waals surface area contributed by atoms with E-state index < -0.39 is 0 Å². The van der Waals surface area contributed by atoms with Crippen LogP contribution in [-0.2, 0) is 6.42 Å². The zero-order valence-electron chi connectivity index (χ0n) is 12.4. The summed E-state index contributed by atoms with van der Waals surface area (Å²) in [5.41, 5.74) is 0.201. The molecule has 1 aromatic rings. The van der Waals surface area contributed by atoms with Crippen LogP contribution in [0.2, 0.25) is 0 Å². The fraction of sp³-hybridized carbons (Fsp3) is 0.812. The summed E-state index contributed by atoms with van der Waals surface area (Å²) in [6.07, 6.45) is 8.16. The van der Waals surface area contributed by atoms with E-state index in [0.717, 1.165) is 42.9 Å². The van der Waals surface area contributed by atoms with Crippen LogP contribution in [-0.4, -0.2) is 17.1 Å². The lowest BCUT2D eigenvalue weighted by Gasteiger charge is -2.20. The Bertz CT molecular complexity index is 422. The highest BCUT2D eigenvalue weighted by Crippen LogP contribution is 2.57. The summed E-state index contributed by atoms with van der Waals surface area (Å²) in [6.45, 7) is 7.61. The van der Waals surface area contributed by atoms with Crippen LogP contribution in [0.5, 0.6) is 0 Å². The first-order valence-electron chi connectivity index (χ1n) is 7.71. The zero-order chi connectivity index (χ0) is 13.5. The summed E-state index contributed by atoms with van der Waals surface area (Å²) in [5, 5.41) is 3.50. The Balaban J connectivity index is 1.43. The van der Waals surface area contributed by atoms with Crippen molar-refractivity contribution in [2.24, 2.45) is 11.8 Å². The lowest BCUT2D eigenvalue weighted by atomic mass is 10.0. The van der Waals surface area contributed by atoms with Crippen molar-refractivity contribution in [1.29, 1.82) is 0 Å². The van der Waals surface area contributed by atoms with E-state index in [1.165, 1.54) is 19.3 Å². The van der Waals surface area contributed by atoms with Gasteiger partial charge in [0, 0.05) is 17.9 Å². The van der Waals surface area contributed by atoms with Gasteiger partial charge in [-0.15, -0.1) is 0 Å². The largest absolute Gasteiger partial charge is 0.445 e. The van der Waals surface area contributed by atoms with Gasteiger partial charge in [-0.3, -0.25) is 0 Å². The molecule has 2 saturated carbocycles. The van der Waals surface area contributed by atoms with Crippen molar-refractivity contribution in [2.75, 3.05) is 6.54 Å². The van der Waals surface area contributed by atoms with Crippen LogP contribution >= 0.6 is 0 Å². The van der Waals surface area contributed by atoms with Gasteiger partial charge in [-0.2, -0.15) is 0 Å². The zero-order valence-corrected chi connectivity index (χ0v) is 12.4. The minimum absolute atomic E-state index is 0.201. The molecule has 19 heavy (non-hydrogen) atoms. The summed E-state index contributed by atoms with van der Waals surface area (Å²) in [4.78, 5) is 4.44. The molecule has 0 saturated heterocycles. The number of nitrogens with one attached hydrogen (secondary N) is 1. The second-order valence-corrected chi connectivity index (χ2v) is 7.36. The summed E-state index contributed by atoms with van der Waals surface area (Å²) in [5.74, 6) is 4.75. The molecule has 0 radical (unpaired) electrons. The number of hydrogen-bond donors (Lipinski definition) is 1. The van der Waals surface area contributed by atoms with Crippen molar-refractivity contribution < 1.29 is 4.42 Å². The van der Waals surface area contributed by atoms with Crippen LogP contribution in [0.25, 0.3) is 0 Å². The van der Waals surface area contributed by atoms with Crippen molar-refractivity contribution in [3.8, 4) is 0 Å². The Hall–Kier alpha value is -0.830. The first-order valence-corrected chi connectivity index (χ1v) is 7.71. The lowest BCUT2D eigenvalue weighted by molar-refractivity contribution is 0.392. The van der Waals surface area contributed by atoms with Crippen LogP contribution in [0.1, 0.15) is 64.0 Å². The molecule has 0 aromatic carbocycles. The summed E-state index contributed by atoms with van der Waals surface area (Å²) in [6, 6.07) is 0. The standard InChI is InChI=1S/C16H26N2O/c1-16(2,3)18-6-4-5-15-17-10-14(19-15)13-8-11-7-12(11)9-13/h10-13,18H,4-9H2,1-3H3. The third kappa shape index (κ3) is 3.38. The normalized spacial score (nSPS) is 29.5. The molecule has 0 spiro atoms. The predicted octanol–water partition coefficient (Wildman–Crippen LogP) is 3.51. The minimum Gasteiger partial charge on any atom is -0.445 e. The predicted molar refractivity (Wildman–Crippen MR) is 76.2 cm³/mol. The summed E-state index contributed by atoms with van der Waals surface area (Å²) >= 11 is 0. The smallest absolute Gasteiger partial charge is 0.194 e. The molecule has 0 bridgehead atoms. The molecule has 1 N–H and O–H groups in total. The van der Waals surface area contributed by atoms with Gasteiger partial charge in [-0.25, -0.2) is 4.98 Å². The number of aromatic nitrogens is 1. The van der Waals surface area contributed by atoms with E-state index in [2.05, 4.69) is 31.1 Å². The SMILES string of the molecule is CC(C)(C)NCCCc1ncc(C2CC3CC3C2)o1. The van der Waals surface area contributed by atoms with Gasteiger partial charge < -0.3 is 9.73 Å². The Morgan fingerprint density at radius 1 is 1.26 bits per heavy atom. The van der Waals surface area contributed by atoms with Crippen molar-refractivity contribution >= 4 is 0 Å². The number of oxazole rings is 1. The summed E-state index contributed by atoms with van der Waals surface area (Å²) in [7, 11) is 0. The highest BCUT2D eigenvalue weighted by molar-refractivity contribution is 5.11. The second-order valence-electron chi connectivity index (χ2n) is 7.36. The first kappa shape index (κ1) is 13.2. The second kappa shape index (κ2) is 4.93. The van der Waals surface area contributed by atoms with Gasteiger partial charge in [0.15, 0.2) is 5.89 Å². The third-order valence-electron chi connectivity index (χ3n) is 4.44. The molecule has 1 heterocycles. The first-order chi connectivity index (χ1) is 9.01. The number of hydrogen-bond acceptors (Lipinski definition) is 3. The van der Waals surface area contributed by atoms with Crippen LogP contribution in [0, 0.1) is 11.8 Å². The summed E-state index contributed by atoms with van der Waals surface area (Å²) < 4.78 is 5.93. The maximum absolute atomic E-state index is 5.93. The van der Waals surface area contributed by atoms with E-state index in [9.17, 15) is 0 Å². The molecule has 2 unspecified atom stereocenters. The maximum atomic E-state index is 5.93. The van der Waals surface area contributed by atoms with Gasteiger partial charge in [-0.1, -0.05) is 0 Å². The topological polar surface area (TPSA) is 38.1 Å². The molecule has 1 aromatic heterocycles. The average molecular weight is 262 g/mol. The highest BCUT2D eigenvalue weighted by Gasteiger charge is 2.47. The fourth-order valence-corrected chi connectivity index (χ4v) is 3.28.